The van der Waals surface area contributed by atoms with Crippen LogP contribution in [0.25, 0.3) is 10.9 Å². The van der Waals surface area contributed by atoms with Crippen LogP contribution in [0.1, 0.15) is 24.0 Å². The molecule has 0 unspecified atom stereocenters. The van der Waals surface area contributed by atoms with Gasteiger partial charge in [-0.3, -0.25) is 9.59 Å². The summed E-state index contributed by atoms with van der Waals surface area (Å²) in [5, 5.41) is 3.41. The van der Waals surface area contributed by atoms with Crippen LogP contribution >= 0.6 is 11.6 Å². The summed E-state index contributed by atoms with van der Waals surface area (Å²) in [6.45, 7) is 1.16. The van der Waals surface area contributed by atoms with Crippen LogP contribution in [0, 0.1) is 11.7 Å². The van der Waals surface area contributed by atoms with Crippen LogP contribution in [0.15, 0.2) is 42.6 Å². The number of benzene rings is 2. The summed E-state index contributed by atoms with van der Waals surface area (Å²) in [5.41, 5.74) is 6.67. The third kappa shape index (κ3) is 5.85. The van der Waals surface area contributed by atoms with Gasteiger partial charge in [0.25, 0.3) is 0 Å². The number of amides is 3. The fraction of sp³-hybridized carbons (Fsp3) is 0.393. The molecule has 0 radical (unpaired) electrons. The minimum absolute atomic E-state index is 0.00805. The average Bonchev–Trinajstić information content (AvgIpc) is 3.44. The van der Waals surface area contributed by atoms with Crippen molar-refractivity contribution in [3.63, 3.8) is 0 Å². The highest BCUT2D eigenvalue weighted by atomic mass is 35.5. The van der Waals surface area contributed by atoms with Crippen LogP contribution in [0.3, 0.4) is 0 Å². The molecule has 1 aliphatic heterocycles. The van der Waals surface area contributed by atoms with Gasteiger partial charge in [-0.05, 0) is 62.7 Å². The first-order valence-electron chi connectivity index (χ1n) is 13.0. The third-order valence-corrected chi connectivity index (χ3v) is 7.63. The van der Waals surface area contributed by atoms with E-state index in [1.54, 1.807) is 41.4 Å². The Labute approximate surface area is 235 Å². The van der Waals surface area contributed by atoms with E-state index in [-0.39, 0.29) is 47.3 Å². The minimum atomic E-state index is -0.991. The van der Waals surface area contributed by atoms with Gasteiger partial charge in [-0.1, -0.05) is 23.7 Å². The van der Waals surface area contributed by atoms with E-state index in [2.05, 4.69) is 5.32 Å². The number of rotatable bonds is 10. The minimum Gasteiger partial charge on any atom is -0.492 e. The monoisotopic (exact) mass is 571 g/mol. The van der Waals surface area contributed by atoms with E-state index in [1.165, 1.54) is 10.8 Å². The molecule has 212 valence electrons. The summed E-state index contributed by atoms with van der Waals surface area (Å²) < 4.78 is 21.4. The van der Waals surface area contributed by atoms with Gasteiger partial charge >= 0.3 is 6.09 Å². The van der Waals surface area contributed by atoms with E-state index in [0.29, 0.717) is 35.2 Å². The number of likely N-dealkylation sites (N-methyl/N-ethyl adjacent to an activating group) is 1. The van der Waals surface area contributed by atoms with Gasteiger partial charge in [-0.15, -0.1) is 0 Å². The molecule has 2 fully saturated rings. The Morgan fingerprint density at radius 1 is 1.18 bits per heavy atom. The second-order valence-corrected chi connectivity index (χ2v) is 10.9. The molecule has 0 bridgehead atoms. The molecule has 40 heavy (non-hydrogen) atoms. The zero-order chi connectivity index (χ0) is 28.6. The molecule has 3 amide bonds. The number of likely N-dealkylation sites (tertiary alicyclic amines) is 1. The van der Waals surface area contributed by atoms with E-state index in [0.717, 1.165) is 13.0 Å². The molecule has 5 rings (SSSR count). The van der Waals surface area contributed by atoms with Crippen LogP contribution in [0.4, 0.5) is 9.18 Å². The molecule has 1 aromatic heterocycles. The van der Waals surface area contributed by atoms with Gasteiger partial charge in [0, 0.05) is 36.3 Å². The van der Waals surface area contributed by atoms with E-state index in [1.807, 2.05) is 19.0 Å². The maximum Gasteiger partial charge on any atom is 0.429 e. The molecule has 2 heterocycles. The second kappa shape index (κ2) is 11.3. The first-order valence-corrected chi connectivity index (χ1v) is 13.4. The zero-order valence-electron chi connectivity index (χ0n) is 22.2. The van der Waals surface area contributed by atoms with Crippen molar-refractivity contribution in [2.24, 2.45) is 11.7 Å². The summed E-state index contributed by atoms with van der Waals surface area (Å²) in [5.74, 6) is -0.272. The van der Waals surface area contributed by atoms with Gasteiger partial charge in [0.1, 0.15) is 24.2 Å². The summed E-state index contributed by atoms with van der Waals surface area (Å²) in [6.07, 6.45) is 1.93. The summed E-state index contributed by atoms with van der Waals surface area (Å²) in [6, 6.07) is 9.23. The normalized spacial score (nSPS) is 19.5. The third-order valence-electron chi connectivity index (χ3n) is 7.34. The number of aromatic nitrogens is 1. The molecule has 10 nitrogen and oxygen atoms in total. The SMILES string of the molecule is CN(C)CCOc1ccc2c(c1)c(CC(=O)N1[C@@H]3C[C@@H]3C[C@H]1C(=O)NCc1cccc(Cl)c1F)cn2OC(N)=O. The van der Waals surface area contributed by atoms with Gasteiger partial charge in [-0.25, -0.2) is 9.18 Å². The Hall–Kier alpha value is -3.83. The lowest BCUT2D eigenvalue weighted by molar-refractivity contribution is -0.139. The molecular formula is C28H31ClFN5O5. The van der Waals surface area contributed by atoms with E-state index >= 15 is 0 Å². The summed E-state index contributed by atoms with van der Waals surface area (Å²) >= 11 is 5.85. The Balaban J connectivity index is 1.33. The highest BCUT2D eigenvalue weighted by Gasteiger charge is 2.55. The van der Waals surface area contributed by atoms with Gasteiger partial charge in [0.05, 0.1) is 17.0 Å². The summed E-state index contributed by atoms with van der Waals surface area (Å²) in [4.78, 5) is 47.0. The van der Waals surface area contributed by atoms with Gasteiger partial charge in [0.15, 0.2) is 0 Å². The number of piperidine rings is 1. The van der Waals surface area contributed by atoms with Crippen LogP contribution < -0.4 is 20.6 Å². The molecule has 1 aliphatic carbocycles. The van der Waals surface area contributed by atoms with Crippen molar-refractivity contribution in [3.05, 3.63) is 64.6 Å². The van der Waals surface area contributed by atoms with Crippen LogP contribution in [-0.4, -0.2) is 71.8 Å². The van der Waals surface area contributed by atoms with Crippen LogP contribution in [-0.2, 0) is 22.6 Å². The van der Waals surface area contributed by atoms with Crippen molar-refractivity contribution in [2.75, 3.05) is 27.2 Å². The lowest BCUT2D eigenvalue weighted by Crippen LogP contribution is -2.48. The fourth-order valence-electron chi connectivity index (χ4n) is 5.28. The number of nitrogens with two attached hydrogens (primary N) is 1. The fourth-order valence-corrected chi connectivity index (χ4v) is 5.48. The van der Waals surface area contributed by atoms with Crippen molar-refractivity contribution in [1.29, 1.82) is 0 Å². The first kappa shape index (κ1) is 27.7. The van der Waals surface area contributed by atoms with Crippen LogP contribution in [0.5, 0.6) is 5.75 Å². The van der Waals surface area contributed by atoms with Crippen molar-refractivity contribution in [1.82, 2.24) is 19.8 Å². The van der Waals surface area contributed by atoms with E-state index in [9.17, 15) is 18.8 Å². The van der Waals surface area contributed by atoms with E-state index in [4.69, 9.17) is 26.9 Å². The highest BCUT2D eigenvalue weighted by Crippen LogP contribution is 2.48. The number of nitrogens with one attached hydrogen (secondary N) is 1. The number of halogens is 2. The number of hydrogen-bond donors (Lipinski definition) is 2. The molecule has 3 aromatic rings. The van der Waals surface area contributed by atoms with Crippen molar-refractivity contribution < 1.29 is 28.3 Å². The number of primary amides is 1. The van der Waals surface area contributed by atoms with Gasteiger partial charge in [-0.2, -0.15) is 4.73 Å². The molecule has 2 aromatic carbocycles. The van der Waals surface area contributed by atoms with Crippen molar-refractivity contribution in [3.8, 4) is 5.75 Å². The predicted octanol–water partition coefficient (Wildman–Crippen LogP) is 2.73. The van der Waals surface area contributed by atoms with Gasteiger partial charge < -0.3 is 30.4 Å². The molecule has 3 atom stereocenters. The zero-order valence-corrected chi connectivity index (χ0v) is 23.0. The lowest BCUT2D eigenvalue weighted by Gasteiger charge is -2.27. The maximum atomic E-state index is 14.3. The highest BCUT2D eigenvalue weighted by molar-refractivity contribution is 6.30. The molecule has 0 spiro atoms. The Bertz CT molecular complexity index is 1460. The Morgan fingerprint density at radius 3 is 2.73 bits per heavy atom. The van der Waals surface area contributed by atoms with E-state index < -0.39 is 18.0 Å². The molecule has 2 aliphatic rings. The van der Waals surface area contributed by atoms with Crippen molar-refractivity contribution in [2.45, 2.75) is 37.9 Å². The lowest BCUT2D eigenvalue weighted by atomic mass is 10.1. The molecule has 3 N–H and O–H groups in total. The first-order chi connectivity index (χ1) is 19.1. The van der Waals surface area contributed by atoms with Crippen molar-refractivity contribution >= 4 is 40.4 Å². The number of hydrogen-bond acceptors (Lipinski definition) is 6. The molecule has 1 saturated carbocycles. The average molecular weight is 572 g/mol. The maximum absolute atomic E-state index is 14.3. The largest absolute Gasteiger partial charge is 0.492 e. The second-order valence-electron chi connectivity index (χ2n) is 10.4. The summed E-state index contributed by atoms with van der Waals surface area (Å²) in [7, 11) is 3.90. The smallest absolute Gasteiger partial charge is 0.429 e. The standard InChI is InChI=1S/C28H31ClFN5O5/c1-33(2)8-9-39-19-6-7-22-20(13-19)18(15-34(22)40-28(31)38)12-25(36)35-23-10-17(23)11-24(35)27(37)32-14-16-4-3-5-21(29)26(16)30/h3-7,13,15,17,23-24H,8-12,14H2,1-2H3,(H2,31,38)(H,32,37)/t17-,23-,24+/m1/s1. The number of nitrogens with zero attached hydrogens (tertiary/aromatic N) is 3. The van der Waals surface area contributed by atoms with Gasteiger partial charge in [0.2, 0.25) is 11.8 Å². The molecule has 1 saturated heterocycles. The quantitative estimate of drug-likeness (QED) is 0.386. The molecular weight excluding hydrogens is 541 g/mol. The topological polar surface area (TPSA) is 119 Å². The number of carbonyl (C=O) groups excluding carboxylic acids is 3. The number of carbonyl (C=O) groups is 3. The number of fused-ring (bicyclic) bond motifs is 2. The Morgan fingerprint density at radius 2 is 1.98 bits per heavy atom. The Kier molecular flexibility index (Phi) is 7.86. The molecule has 12 heteroatoms. The predicted molar refractivity (Wildman–Crippen MR) is 146 cm³/mol. The number of ether oxygens (including phenoxy) is 1. The van der Waals surface area contributed by atoms with Crippen LogP contribution in [0.2, 0.25) is 5.02 Å².